The molecule has 3 nitrogen and oxygen atoms in total. The van der Waals surface area contributed by atoms with Crippen molar-refractivity contribution in [2.75, 3.05) is 5.73 Å². The van der Waals surface area contributed by atoms with E-state index < -0.39 is 6.10 Å². The Morgan fingerprint density at radius 2 is 2.11 bits per heavy atom. The number of aromatic nitrogens is 1. The minimum Gasteiger partial charge on any atom is -0.482 e. The van der Waals surface area contributed by atoms with Crippen LogP contribution < -0.4 is 10.5 Å². The molecule has 2 aromatic rings. The Bertz CT molecular complexity index is 562. The van der Waals surface area contributed by atoms with Crippen LogP contribution in [0, 0.1) is 5.82 Å². The monoisotopic (exact) mass is 310 g/mol. The average Bonchev–Trinajstić information content (AvgIpc) is 2.34. The predicted octanol–water partition coefficient (Wildman–Crippen LogP) is 3.71. The van der Waals surface area contributed by atoms with Gasteiger partial charge in [-0.15, -0.1) is 0 Å². The van der Waals surface area contributed by atoms with Gasteiger partial charge in [0, 0.05) is 16.2 Å². The van der Waals surface area contributed by atoms with Gasteiger partial charge in [-0.3, -0.25) is 0 Å². The van der Waals surface area contributed by atoms with E-state index in [4.69, 9.17) is 10.5 Å². The molecule has 2 rings (SSSR count). The molecule has 0 saturated carbocycles. The van der Waals surface area contributed by atoms with E-state index in [-0.39, 0.29) is 11.6 Å². The first kappa shape index (κ1) is 12.8. The first-order valence-corrected chi connectivity index (χ1v) is 6.19. The van der Waals surface area contributed by atoms with Gasteiger partial charge in [-0.2, -0.15) is 0 Å². The number of halogens is 2. The Kier molecular flexibility index (Phi) is 3.81. The number of hydrogen-bond donors (Lipinski definition) is 1. The summed E-state index contributed by atoms with van der Waals surface area (Å²) in [5.41, 5.74) is 6.19. The van der Waals surface area contributed by atoms with Crippen LogP contribution >= 0.6 is 15.9 Å². The molecule has 2 N–H and O–H groups in total. The van der Waals surface area contributed by atoms with Gasteiger partial charge >= 0.3 is 0 Å². The normalized spacial score (nSPS) is 12.2. The summed E-state index contributed by atoms with van der Waals surface area (Å²) in [4.78, 5) is 3.96. The van der Waals surface area contributed by atoms with Crippen molar-refractivity contribution in [1.82, 2.24) is 4.98 Å². The minimum absolute atomic E-state index is 0.279. The quantitative estimate of drug-likeness (QED) is 0.940. The van der Waals surface area contributed by atoms with Crippen molar-refractivity contribution in [2.45, 2.75) is 13.0 Å². The second-order valence-corrected chi connectivity index (χ2v) is 4.73. The van der Waals surface area contributed by atoms with E-state index in [0.717, 1.165) is 4.47 Å². The lowest BCUT2D eigenvalue weighted by molar-refractivity contribution is 0.222. The number of benzene rings is 1. The molecule has 0 spiro atoms. The first-order valence-electron chi connectivity index (χ1n) is 5.40. The maximum Gasteiger partial charge on any atom is 0.166 e. The van der Waals surface area contributed by atoms with Gasteiger partial charge in [0.2, 0.25) is 0 Å². The van der Waals surface area contributed by atoms with E-state index in [1.54, 1.807) is 37.4 Å². The zero-order valence-electron chi connectivity index (χ0n) is 9.73. The van der Waals surface area contributed by atoms with E-state index in [1.165, 1.54) is 6.07 Å². The molecule has 0 unspecified atom stereocenters. The average molecular weight is 311 g/mol. The van der Waals surface area contributed by atoms with Crippen molar-refractivity contribution in [3.63, 3.8) is 0 Å². The molecule has 0 fully saturated rings. The summed E-state index contributed by atoms with van der Waals surface area (Å²) >= 11 is 3.28. The van der Waals surface area contributed by atoms with Crippen molar-refractivity contribution in [3.05, 3.63) is 52.4 Å². The number of anilines is 1. The maximum atomic E-state index is 13.6. The van der Waals surface area contributed by atoms with E-state index in [0.29, 0.717) is 11.3 Å². The lowest BCUT2D eigenvalue weighted by Gasteiger charge is -2.16. The largest absolute Gasteiger partial charge is 0.482 e. The fourth-order valence-corrected chi connectivity index (χ4v) is 1.89. The Morgan fingerprint density at radius 3 is 2.83 bits per heavy atom. The van der Waals surface area contributed by atoms with E-state index in [9.17, 15) is 4.39 Å². The van der Waals surface area contributed by atoms with Crippen molar-refractivity contribution >= 4 is 21.7 Å². The topological polar surface area (TPSA) is 48.1 Å². The van der Waals surface area contributed by atoms with Crippen molar-refractivity contribution < 1.29 is 9.13 Å². The third-order valence-corrected chi connectivity index (χ3v) is 2.93. The van der Waals surface area contributed by atoms with Crippen LogP contribution in [0.15, 0.2) is 41.0 Å². The highest BCUT2D eigenvalue weighted by molar-refractivity contribution is 9.10. The summed E-state index contributed by atoms with van der Waals surface area (Å²) in [6, 6.07) is 8.19. The van der Waals surface area contributed by atoms with E-state index in [2.05, 4.69) is 20.9 Å². The minimum atomic E-state index is -0.440. The van der Waals surface area contributed by atoms with Gasteiger partial charge < -0.3 is 10.5 Å². The molecule has 1 aromatic carbocycles. The molecule has 5 heteroatoms. The van der Waals surface area contributed by atoms with Crippen LogP contribution in [-0.4, -0.2) is 4.98 Å². The van der Waals surface area contributed by atoms with Gasteiger partial charge in [0.15, 0.2) is 11.6 Å². The Morgan fingerprint density at radius 1 is 1.39 bits per heavy atom. The molecule has 0 aliphatic heterocycles. The number of pyridine rings is 1. The van der Waals surface area contributed by atoms with Gasteiger partial charge in [0.25, 0.3) is 0 Å². The number of nitrogens with zero attached hydrogens (tertiary/aromatic N) is 1. The van der Waals surface area contributed by atoms with E-state index >= 15 is 0 Å². The van der Waals surface area contributed by atoms with Crippen LogP contribution in [0.3, 0.4) is 0 Å². The summed E-state index contributed by atoms with van der Waals surface area (Å²) in [5, 5.41) is 0. The van der Waals surface area contributed by atoms with Crippen LogP contribution in [0.25, 0.3) is 0 Å². The molecule has 18 heavy (non-hydrogen) atoms. The predicted molar refractivity (Wildman–Crippen MR) is 71.8 cm³/mol. The fourth-order valence-electron chi connectivity index (χ4n) is 1.58. The Hall–Kier alpha value is -1.62. The second-order valence-electron chi connectivity index (χ2n) is 3.82. The number of nitrogen functional groups attached to an aromatic ring is 1. The molecule has 0 radical (unpaired) electrons. The number of rotatable bonds is 3. The molecule has 1 atom stereocenters. The molecular weight excluding hydrogens is 299 g/mol. The molecule has 0 aliphatic carbocycles. The summed E-state index contributed by atoms with van der Waals surface area (Å²) < 4.78 is 20.0. The lowest BCUT2D eigenvalue weighted by atomic mass is 10.1. The van der Waals surface area contributed by atoms with Crippen LogP contribution in [0.1, 0.15) is 18.6 Å². The van der Waals surface area contributed by atoms with Crippen molar-refractivity contribution in [3.8, 4) is 5.75 Å². The first-order chi connectivity index (χ1) is 8.58. The van der Waals surface area contributed by atoms with Gasteiger partial charge in [0.1, 0.15) is 11.9 Å². The summed E-state index contributed by atoms with van der Waals surface area (Å²) in [5.74, 6) is 0.410. The standard InChI is InChI=1S/C13H12BrFN2O/c1-8(10-4-2-3-5-11(10)15)18-12-6-9(14)7-17-13(12)16/h2-8H,1H3,(H2,16,17)/t8-/m1/s1. The lowest BCUT2D eigenvalue weighted by Crippen LogP contribution is -2.07. The van der Waals surface area contributed by atoms with Crippen LogP contribution in [0.5, 0.6) is 5.75 Å². The molecule has 0 aliphatic rings. The third kappa shape index (κ3) is 2.79. The van der Waals surface area contributed by atoms with Crippen molar-refractivity contribution in [2.24, 2.45) is 0 Å². The van der Waals surface area contributed by atoms with Gasteiger partial charge in [-0.05, 0) is 35.0 Å². The molecule has 1 aromatic heterocycles. The number of hydrogen-bond acceptors (Lipinski definition) is 3. The third-order valence-electron chi connectivity index (χ3n) is 2.50. The van der Waals surface area contributed by atoms with Crippen LogP contribution in [-0.2, 0) is 0 Å². The second kappa shape index (κ2) is 5.35. The molecule has 1 heterocycles. The van der Waals surface area contributed by atoms with Crippen LogP contribution in [0.4, 0.5) is 10.2 Å². The highest BCUT2D eigenvalue weighted by Gasteiger charge is 2.13. The van der Waals surface area contributed by atoms with Crippen molar-refractivity contribution in [1.29, 1.82) is 0 Å². The SMILES string of the molecule is C[C@@H](Oc1cc(Br)cnc1N)c1ccccc1F. The Labute approximate surface area is 113 Å². The molecule has 94 valence electrons. The smallest absolute Gasteiger partial charge is 0.166 e. The summed E-state index contributed by atoms with van der Waals surface area (Å²) in [6.07, 6.45) is 1.14. The fraction of sp³-hybridized carbons (Fsp3) is 0.154. The highest BCUT2D eigenvalue weighted by atomic mass is 79.9. The molecule has 0 saturated heterocycles. The van der Waals surface area contributed by atoms with Crippen LogP contribution in [0.2, 0.25) is 0 Å². The number of nitrogens with two attached hydrogens (primary N) is 1. The molecule has 0 amide bonds. The van der Waals surface area contributed by atoms with Gasteiger partial charge in [0.05, 0.1) is 0 Å². The van der Waals surface area contributed by atoms with Gasteiger partial charge in [-0.1, -0.05) is 18.2 Å². The highest BCUT2D eigenvalue weighted by Crippen LogP contribution is 2.29. The molecule has 0 bridgehead atoms. The summed E-state index contributed by atoms with van der Waals surface area (Å²) in [6.45, 7) is 1.76. The Balaban J connectivity index is 2.24. The number of ether oxygens (including phenoxy) is 1. The zero-order valence-corrected chi connectivity index (χ0v) is 11.3. The maximum absolute atomic E-state index is 13.6. The molecular formula is C13H12BrFN2O. The van der Waals surface area contributed by atoms with Gasteiger partial charge in [-0.25, -0.2) is 9.37 Å². The van der Waals surface area contributed by atoms with E-state index in [1.807, 2.05) is 0 Å². The zero-order chi connectivity index (χ0) is 13.1. The summed E-state index contributed by atoms with van der Waals surface area (Å²) in [7, 11) is 0.